The summed E-state index contributed by atoms with van der Waals surface area (Å²) in [6, 6.07) is 4.91. The maximum atomic E-state index is 10.6. The second kappa shape index (κ2) is 2.58. The molecule has 4 heteroatoms. The van der Waals surface area contributed by atoms with E-state index < -0.39 is 4.92 Å². The van der Waals surface area contributed by atoms with Crippen molar-refractivity contribution in [1.29, 1.82) is 0 Å². The van der Waals surface area contributed by atoms with Crippen LogP contribution >= 0.6 is 0 Å². The standard InChI is InChI=1S/C9H7N2O2/c1-6-5-10-7-3-2-4-8(9(6)7)11(12)13/h2-5,10H,1H2. The van der Waals surface area contributed by atoms with Gasteiger partial charge in [0.25, 0.3) is 5.69 Å². The van der Waals surface area contributed by atoms with Gasteiger partial charge in [-0.1, -0.05) is 6.07 Å². The SMILES string of the molecule is [CH2]c1c[nH]c2cccc([N+](=O)[O-])c12. The molecular formula is C9H7N2O2. The van der Waals surface area contributed by atoms with Crippen LogP contribution < -0.4 is 0 Å². The summed E-state index contributed by atoms with van der Waals surface area (Å²) in [6.07, 6.45) is 1.66. The maximum absolute atomic E-state index is 10.6. The number of hydrogen-bond donors (Lipinski definition) is 1. The first-order valence-corrected chi connectivity index (χ1v) is 3.76. The Balaban J connectivity index is 2.88. The van der Waals surface area contributed by atoms with E-state index in [4.69, 9.17) is 0 Å². The molecule has 0 bridgehead atoms. The largest absolute Gasteiger partial charge is 0.361 e. The van der Waals surface area contributed by atoms with Crippen LogP contribution in [0, 0.1) is 17.0 Å². The second-order valence-corrected chi connectivity index (χ2v) is 2.77. The first-order chi connectivity index (χ1) is 6.20. The van der Waals surface area contributed by atoms with E-state index in [2.05, 4.69) is 11.9 Å². The zero-order valence-corrected chi connectivity index (χ0v) is 6.78. The summed E-state index contributed by atoms with van der Waals surface area (Å²) in [5, 5.41) is 11.2. The summed E-state index contributed by atoms with van der Waals surface area (Å²) in [5.74, 6) is 0. The molecule has 2 aromatic rings. The Hall–Kier alpha value is -1.84. The quantitative estimate of drug-likeness (QED) is 0.533. The number of fused-ring (bicyclic) bond motifs is 1. The van der Waals surface area contributed by atoms with Crippen LogP contribution in [0.5, 0.6) is 0 Å². The van der Waals surface area contributed by atoms with Gasteiger partial charge >= 0.3 is 0 Å². The van der Waals surface area contributed by atoms with Crippen molar-refractivity contribution in [3.8, 4) is 0 Å². The fourth-order valence-electron chi connectivity index (χ4n) is 1.39. The van der Waals surface area contributed by atoms with Crippen molar-refractivity contribution in [2.24, 2.45) is 0 Å². The van der Waals surface area contributed by atoms with Crippen LogP contribution in [0.15, 0.2) is 24.4 Å². The molecule has 1 N–H and O–H groups in total. The average Bonchev–Trinajstić information content (AvgIpc) is 2.48. The Morgan fingerprint density at radius 3 is 2.92 bits per heavy atom. The van der Waals surface area contributed by atoms with Crippen molar-refractivity contribution in [3.05, 3.63) is 47.0 Å². The van der Waals surface area contributed by atoms with Crippen LogP contribution in [-0.4, -0.2) is 9.91 Å². The van der Waals surface area contributed by atoms with Gasteiger partial charge in [-0.25, -0.2) is 0 Å². The van der Waals surface area contributed by atoms with E-state index in [-0.39, 0.29) is 5.69 Å². The minimum atomic E-state index is -0.398. The minimum Gasteiger partial charge on any atom is -0.361 e. The van der Waals surface area contributed by atoms with Gasteiger partial charge in [-0.3, -0.25) is 10.1 Å². The van der Waals surface area contributed by atoms with Crippen molar-refractivity contribution >= 4 is 16.6 Å². The van der Waals surface area contributed by atoms with Crippen LogP contribution in [0.4, 0.5) is 5.69 Å². The molecule has 2 rings (SSSR count). The van der Waals surface area contributed by atoms with Gasteiger partial charge < -0.3 is 4.98 Å². The molecule has 1 heterocycles. The van der Waals surface area contributed by atoms with Gasteiger partial charge in [-0.2, -0.15) is 0 Å². The van der Waals surface area contributed by atoms with Gasteiger partial charge in [-0.05, 0) is 18.6 Å². The highest BCUT2D eigenvalue weighted by Gasteiger charge is 2.13. The maximum Gasteiger partial charge on any atom is 0.279 e. The molecule has 0 amide bonds. The number of aromatic amines is 1. The topological polar surface area (TPSA) is 58.9 Å². The molecule has 0 aliphatic heterocycles. The number of benzene rings is 1. The third-order valence-electron chi connectivity index (χ3n) is 1.96. The van der Waals surface area contributed by atoms with E-state index >= 15 is 0 Å². The number of nitrogens with one attached hydrogen (secondary N) is 1. The smallest absolute Gasteiger partial charge is 0.279 e. The van der Waals surface area contributed by atoms with Crippen LogP contribution in [0.1, 0.15) is 5.56 Å². The van der Waals surface area contributed by atoms with Crippen molar-refractivity contribution < 1.29 is 4.92 Å². The predicted molar refractivity (Wildman–Crippen MR) is 49.4 cm³/mol. The first-order valence-electron chi connectivity index (χ1n) is 3.76. The van der Waals surface area contributed by atoms with Gasteiger partial charge in [0.1, 0.15) is 0 Å². The third kappa shape index (κ3) is 1.07. The van der Waals surface area contributed by atoms with Gasteiger partial charge in [0.05, 0.1) is 15.8 Å². The van der Waals surface area contributed by atoms with Gasteiger partial charge in [0.15, 0.2) is 0 Å². The van der Waals surface area contributed by atoms with E-state index in [1.807, 2.05) is 0 Å². The summed E-state index contributed by atoms with van der Waals surface area (Å²) in [5.41, 5.74) is 1.50. The molecule has 1 radical (unpaired) electrons. The molecule has 0 atom stereocenters. The number of nitro groups is 1. The van der Waals surface area contributed by atoms with Crippen molar-refractivity contribution in [2.45, 2.75) is 0 Å². The number of nitrogens with zero attached hydrogens (tertiary/aromatic N) is 1. The van der Waals surface area contributed by atoms with Crippen molar-refractivity contribution in [2.75, 3.05) is 0 Å². The fourth-order valence-corrected chi connectivity index (χ4v) is 1.39. The lowest BCUT2D eigenvalue weighted by molar-refractivity contribution is -0.383. The minimum absolute atomic E-state index is 0.101. The molecule has 1 aromatic heterocycles. The van der Waals surface area contributed by atoms with Crippen molar-refractivity contribution in [1.82, 2.24) is 4.98 Å². The van der Waals surface area contributed by atoms with Crippen LogP contribution in [0.2, 0.25) is 0 Å². The highest BCUT2D eigenvalue weighted by Crippen LogP contribution is 2.27. The van der Waals surface area contributed by atoms with Crippen LogP contribution in [0.25, 0.3) is 10.9 Å². The summed E-state index contributed by atoms with van der Waals surface area (Å²) >= 11 is 0. The second-order valence-electron chi connectivity index (χ2n) is 2.77. The Bertz CT molecular complexity index is 473. The molecule has 13 heavy (non-hydrogen) atoms. The van der Waals surface area contributed by atoms with Gasteiger partial charge in [-0.15, -0.1) is 0 Å². The van der Waals surface area contributed by atoms with Crippen molar-refractivity contribution in [3.63, 3.8) is 0 Å². The predicted octanol–water partition coefficient (Wildman–Crippen LogP) is 2.26. The molecule has 4 nitrogen and oxygen atoms in total. The lowest BCUT2D eigenvalue weighted by Gasteiger charge is -1.93. The van der Waals surface area contributed by atoms with Gasteiger partial charge in [0, 0.05) is 12.3 Å². The summed E-state index contributed by atoms with van der Waals surface area (Å²) < 4.78 is 0. The van der Waals surface area contributed by atoms with E-state index in [9.17, 15) is 10.1 Å². The third-order valence-corrected chi connectivity index (χ3v) is 1.96. The molecule has 1 aromatic carbocycles. The molecule has 65 valence electrons. The Morgan fingerprint density at radius 1 is 1.46 bits per heavy atom. The average molecular weight is 175 g/mol. The molecular weight excluding hydrogens is 168 g/mol. The van der Waals surface area contributed by atoms with E-state index in [0.29, 0.717) is 10.9 Å². The lowest BCUT2D eigenvalue weighted by Crippen LogP contribution is -1.88. The zero-order valence-electron chi connectivity index (χ0n) is 6.78. The van der Waals surface area contributed by atoms with E-state index in [1.54, 1.807) is 18.3 Å². The number of nitro benzene ring substituents is 1. The molecule has 0 spiro atoms. The monoisotopic (exact) mass is 175 g/mol. The number of rotatable bonds is 1. The Morgan fingerprint density at radius 2 is 2.23 bits per heavy atom. The molecule has 0 saturated carbocycles. The summed E-state index contributed by atoms with van der Waals surface area (Å²) in [4.78, 5) is 13.1. The number of hydrogen-bond acceptors (Lipinski definition) is 2. The van der Waals surface area contributed by atoms with E-state index in [1.165, 1.54) is 6.07 Å². The Kier molecular flexibility index (Phi) is 1.55. The molecule has 0 saturated heterocycles. The number of non-ortho nitro benzene ring substituents is 1. The fraction of sp³-hybridized carbons (Fsp3) is 0. The summed E-state index contributed by atoms with van der Waals surface area (Å²) in [6.45, 7) is 3.72. The molecule has 0 fully saturated rings. The molecule has 0 aliphatic rings. The van der Waals surface area contributed by atoms with Crippen LogP contribution in [-0.2, 0) is 0 Å². The number of aromatic nitrogens is 1. The molecule has 0 aliphatic carbocycles. The zero-order chi connectivity index (χ0) is 9.42. The highest BCUT2D eigenvalue weighted by atomic mass is 16.6. The first kappa shape index (κ1) is 7.79. The highest BCUT2D eigenvalue weighted by molar-refractivity contribution is 5.92. The normalized spacial score (nSPS) is 10.5. The van der Waals surface area contributed by atoms with Crippen LogP contribution in [0.3, 0.4) is 0 Å². The lowest BCUT2D eigenvalue weighted by atomic mass is 10.1. The van der Waals surface area contributed by atoms with Gasteiger partial charge in [0.2, 0.25) is 0 Å². The number of H-pyrrole nitrogens is 1. The van der Waals surface area contributed by atoms with E-state index in [0.717, 1.165) is 5.52 Å². The Labute approximate surface area is 74.3 Å². The molecule has 0 unspecified atom stereocenters. The summed E-state index contributed by atoms with van der Waals surface area (Å²) in [7, 11) is 0.